The maximum atomic E-state index is 11.6. The number of rotatable bonds is 8. The molecule has 0 aliphatic rings. The van der Waals surface area contributed by atoms with Crippen LogP contribution in [0.4, 0.5) is 0 Å². The van der Waals surface area contributed by atoms with Crippen molar-refractivity contribution in [3.8, 4) is 28.0 Å². The molecule has 5 aromatic rings. The molecule has 1 N–H and O–H groups in total. The minimum Gasteiger partial charge on any atom is -0.426 e. The van der Waals surface area contributed by atoms with E-state index in [1.165, 1.54) is 22.3 Å². The second-order valence-corrected chi connectivity index (χ2v) is 9.50. The molecule has 178 valence electrons. The summed E-state index contributed by atoms with van der Waals surface area (Å²) in [4.78, 5) is 9.55. The topological polar surface area (TPSA) is 46.5 Å². The number of benzene rings is 5. The van der Waals surface area contributed by atoms with Gasteiger partial charge in [-0.3, -0.25) is 0 Å². The van der Waals surface area contributed by atoms with Gasteiger partial charge in [0, 0.05) is 5.56 Å². The first-order valence-electron chi connectivity index (χ1n) is 12.0. The Morgan fingerprint density at radius 2 is 1.00 bits per heavy atom. The molecule has 1 unspecified atom stereocenters. The van der Waals surface area contributed by atoms with Crippen molar-refractivity contribution < 1.29 is 14.0 Å². The smallest absolute Gasteiger partial charge is 0.365 e. The van der Waals surface area contributed by atoms with Crippen LogP contribution in [0, 0.1) is 0 Å². The number of hydrogen-bond donors (Lipinski definition) is 1. The molecule has 1 atom stereocenters. The van der Waals surface area contributed by atoms with Gasteiger partial charge in [0.15, 0.2) is 0 Å². The fourth-order valence-corrected chi connectivity index (χ4v) is 4.86. The average molecular weight is 491 g/mol. The van der Waals surface area contributed by atoms with E-state index < -0.39 is 8.25 Å². The van der Waals surface area contributed by atoms with E-state index in [9.17, 15) is 9.46 Å². The highest BCUT2D eigenvalue weighted by atomic mass is 31.1. The Balaban J connectivity index is 1.48. The summed E-state index contributed by atoms with van der Waals surface area (Å²) in [5.41, 5.74) is 8.68. The molecule has 0 radical (unpaired) electrons. The van der Waals surface area contributed by atoms with E-state index in [-0.39, 0.29) is 0 Å². The van der Waals surface area contributed by atoms with Gasteiger partial charge < -0.3 is 9.42 Å². The van der Waals surface area contributed by atoms with Crippen molar-refractivity contribution in [1.82, 2.24) is 0 Å². The average Bonchev–Trinajstić information content (AvgIpc) is 2.91. The minimum absolute atomic E-state index is 0.406. The van der Waals surface area contributed by atoms with Crippen LogP contribution in [0.15, 0.2) is 127 Å². The summed E-state index contributed by atoms with van der Waals surface area (Å²) in [5, 5.41) is 0. The summed E-state index contributed by atoms with van der Waals surface area (Å²) in [6.45, 7) is 0. The van der Waals surface area contributed by atoms with Gasteiger partial charge in [0.2, 0.25) is 0 Å². The zero-order valence-corrected chi connectivity index (χ0v) is 20.8. The van der Waals surface area contributed by atoms with Crippen molar-refractivity contribution in [2.75, 3.05) is 0 Å². The van der Waals surface area contributed by atoms with E-state index in [1.54, 1.807) is 6.07 Å². The highest BCUT2D eigenvalue weighted by Gasteiger charge is 2.15. The molecule has 0 spiro atoms. The van der Waals surface area contributed by atoms with Crippen LogP contribution < -0.4 is 4.52 Å². The molecule has 0 fully saturated rings. The predicted molar refractivity (Wildman–Crippen MR) is 148 cm³/mol. The normalized spacial score (nSPS) is 11.7. The van der Waals surface area contributed by atoms with Gasteiger partial charge in [-0.1, -0.05) is 121 Å². The van der Waals surface area contributed by atoms with E-state index >= 15 is 0 Å². The third-order valence-electron chi connectivity index (χ3n) is 6.23. The summed E-state index contributed by atoms with van der Waals surface area (Å²) in [7, 11) is -3.15. The Hall–Kier alpha value is -3.91. The fourth-order valence-electron chi connectivity index (χ4n) is 4.50. The van der Waals surface area contributed by atoms with Crippen molar-refractivity contribution in [2.45, 2.75) is 12.8 Å². The maximum absolute atomic E-state index is 11.6. The van der Waals surface area contributed by atoms with Gasteiger partial charge in [0.1, 0.15) is 5.75 Å². The molecule has 0 heterocycles. The summed E-state index contributed by atoms with van der Waals surface area (Å²) < 4.78 is 17.0. The molecule has 3 nitrogen and oxygen atoms in total. The zero-order chi connectivity index (χ0) is 24.7. The van der Waals surface area contributed by atoms with Crippen LogP contribution in [0.2, 0.25) is 0 Å². The van der Waals surface area contributed by atoms with Gasteiger partial charge in [-0.15, -0.1) is 0 Å². The Morgan fingerprint density at radius 1 is 0.528 bits per heavy atom. The molecule has 0 saturated carbocycles. The first-order chi connectivity index (χ1) is 17.7. The van der Waals surface area contributed by atoms with Crippen molar-refractivity contribution in [3.05, 3.63) is 150 Å². The molecule has 36 heavy (non-hydrogen) atoms. The third kappa shape index (κ3) is 5.83. The quantitative estimate of drug-likeness (QED) is 0.224. The highest BCUT2D eigenvalue weighted by Crippen LogP contribution is 2.42. The lowest BCUT2D eigenvalue weighted by Crippen LogP contribution is -1.93. The van der Waals surface area contributed by atoms with E-state index in [1.807, 2.05) is 36.4 Å². The lowest BCUT2D eigenvalue weighted by atomic mass is 9.92. The van der Waals surface area contributed by atoms with E-state index in [2.05, 4.69) is 84.9 Å². The molecule has 5 aromatic carbocycles. The van der Waals surface area contributed by atoms with E-state index in [0.29, 0.717) is 5.75 Å². The molecular formula is C32H27O3P. The fraction of sp³-hybridized carbons (Fsp3) is 0.0625. The monoisotopic (exact) mass is 490 g/mol. The maximum Gasteiger partial charge on any atom is 0.365 e. The van der Waals surface area contributed by atoms with Crippen molar-refractivity contribution in [3.63, 3.8) is 0 Å². The summed E-state index contributed by atoms with van der Waals surface area (Å²) in [5.74, 6) is 0.406. The minimum atomic E-state index is -3.15. The molecule has 4 heteroatoms. The van der Waals surface area contributed by atoms with Crippen LogP contribution in [0.5, 0.6) is 5.75 Å². The van der Waals surface area contributed by atoms with Crippen LogP contribution in [-0.4, -0.2) is 4.89 Å². The lowest BCUT2D eigenvalue weighted by Gasteiger charge is -2.16. The van der Waals surface area contributed by atoms with Gasteiger partial charge in [0.25, 0.3) is 0 Å². The lowest BCUT2D eigenvalue weighted by molar-refractivity contribution is 0.411. The largest absolute Gasteiger partial charge is 0.426 e. The first-order valence-corrected chi connectivity index (χ1v) is 13.2. The molecule has 5 rings (SSSR count). The standard InChI is InChI=1S/C32H27O3P/c33-36(34)35-31-13-7-12-30(28-18-14-26(15-19-28)22-24-8-3-1-4-9-24)32(31)29-20-16-27(17-21-29)23-25-10-5-2-6-11-25/h1-21,36H,22-23H2,(H,33,34). The van der Waals surface area contributed by atoms with Gasteiger partial charge in [-0.25, -0.2) is 4.57 Å². The van der Waals surface area contributed by atoms with Crippen LogP contribution in [-0.2, 0) is 17.4 Å². The van der Waals surface area contributed by atoms with E-state index in [0.717, 1.165) is 35.1 Å². The van der Waals surface area contributed by atoms with Crippen LogP contribution in [0.25, 0.3) is 22.3 Å². The third-order valence-corrected chi connectivity index (χ3v) is 6.63. The Morgan fingerprint density at radius 3 is 1.50 bits per heavy atom. The van der Waals surface area contributed by atoms with Crippen molar-refractivity contribution >= 4 is 8.25 Å². The Bertz CT molecular complexity index is 1450. The van der Waals surface area contributed by atoms with Gasteiger partial charge in [0.05, 0.1) is 0 Å². The predicted octanol–water partition coefficient (Wildman–Crippen LogP) is 7.96. The second-order valence-electron chi connectivity index (χ2n) is 8.77. The summed E-state index contributed by atoms with van der Waals surface area (Å²) in [6, 6.07) is 43.2. The summed E-state index contributed by atoms with van der Waals surface area (Å²) in [6.07, 6.45) is 1.71. The van der Waals surface area contributed by atoms with Crippen LogP contribution in [0.3, 0.4) is 0 Å². The van der Waals surface area contributed by atoms with Crippen LogP contribution >= 0.6 is 8.25 Å². The van der Waals surface area contributed by atoms with Crippen LogP contribution in [0.1, 0.15) is 22.3 Å². The SMILES string of the molecule is O=[PH](O)Oc1cccc(-c2ccc(Cc3ccccc3)cc2)c1-c1ccc(Cc2ccccc2)cc1. The molecule has 0 aliphatic heterocycles. The zero-order valence-electron chi connectivity index (χ0n) is 19.8. The molecular weight excluding hydrogens is 463 g/mol. The molecule has 0 amide bonds. The van der Waals surface area contributed by atoms with E-state index in [4.69, 9.17) is 4.52 Å². The van der Waals surface area contributed by atoms with Gasteiger partial charge >= 0.3 is 8.25 Å². The van der Waals surface area contributed by atoms with Crippen molar-refractivity contribution in [2.24, 2.45) is 0 Å². The van der Waals surface area contributed by atoms with Gasteiger partial charge in [-0.05, 0) is 57.9 Å². The second kappa shape index (κ2) is 11.2. The van der Waals surface area contributed by atoms with Gasteiger partial charge in [-0.2, -0.15) is 0 Å². The molecule has 0 saturated heterocycles. The molecule has 0 aromatic heterocycles. The molecule has 0 bridgehead atoms. The summed E-state index contributed by atoms with van der Waals surface area (Å²) >= 11 is 0. The molecule has 0 aliphatic carbocycles. The highest BCUT2D eigenvalue weighted by molar-refractivity contribution is 7.32. The Labute approximate surface area is 212 Å². The number of hydrogen-bond acceptors (Lipinski definition) is 2. The Kier molecular flexibility index (Phi) is 7.42. The van der Waals surface area contributed by atoms with Crippen molar-refractivity contribution in [1.29, 1.82) is 0 Å². The first kappa shape index (κ1) is 23.8.